The highest BCUT2D eigenvalue weighted by Crippen LogP contribution is 2.36. The topological polar surface area (TPSA) is 55.8 Å². The molecule has 1 aromatic carbocycles. The molecule has 1 aromatic rings. The number of carbonyl (C=O) groups is 1. The van der Waals surface area contributed by atoms with Gasteiger partial charge in [-0.3, -0.25) is 0 Å². The van der Waals surface area contributed by atoms with Crippen LogP contribution in [-0.2, 0) is 5.41 Å². The molecule has 0 atom stereocenters. The number of hydrogen-bond acceptors (Lipinski definition) is 3. The quantitative estimate of drug-likeness (QED) is 0.879. The number of benzene rings is 1. The predicted molar refractivity (Wildman–Crippen MR) is 65.2 cm³/mol. The minimum Gasteiger partial charge on any atom is -0.496 e. The van der Waals surface area contributed by atoms with E-state index < -0.39 is 5.97 Å². The molecular formula is C13H18O4. The zero-order chi connectivity index (χ0) is 13.2. The number of aromatic carboxylic acids is 1. The Kier molecular flexibility index (Phi) is 3.66. The fraction of sp³-hybridized carbons (Fsp3) is 0.462. The molecule has 0 bridgehead atoms. The van der Waals surface area contributed by atoms with Crippen molar-refractivity contribution in [1.82, 2.24) is 0 Å². The number of hydrogen-bond donors (Lipinski definition) is 1. The van der Waals surface area contributed by atoms with Crippen LogP contribution in [0, 0.1) is 0 Å². The normalized spacial score (nSPS) is 11.1. The fourth-order valence-corrected chi connectivity index (χ4v) is 1.65. The second-order valence-corrected chi connectivity index (χ2v) is 4.81. The summed E-state index contributed by atoms with van der Waals surface area (Å²) in [5, 5.41) is 9.07. The SMILES string of the molecule is COc1cc(C(C)(C)C)c(OC)cc1C(=O)O. The Morgan fingerprint density at radius 2 is 1.65 bits per heavy atom. The van der Waals surface area contributed by atoms with Crippen molar-refractivity contribution in [2.75, 3.05) is 14.2 Å². The summed E-state index contributed by atoms with van der Waals surface area (Å²) in [5.74, 6) is -0.112. The summed E-state index contributed by atoms with van der Waals surface area (Å²) in [5.41, 5.74) is 0.884. The first-order valence-electron chi connectivity index (χ1n) is 5.31. The molecule has 0 saturated carbocycles. The van der Waals surface area contributed by atoms with E-state index in [0.717, 1.165) is 5.56 Å². The molecule has 0 aliphatic rings. The van der Waals surface area contributed by atoms with Crippen LogP contribution < -0.4 is 9.47 Å². The third-order valence-electron chi connectivity index (χ3n) is 2.56. The molecule has 0 saturated heterocycles. The van der Waals surface area contributed by atoms with E-state index in [4.69, 9.17) is 14.6 Å². The maximum Gasteiger partial charge on any atom is 0.339 e. The van der Waals surface area contributed by atoms with Crippen molar-refractivity contribution in [3.63, 3.8) is 0 Å². The van der Waals surface area contributed by atoms with Gasteiger partial charge in [-0.1, -0.05) is 20.8 Å². The Hall–Kier alpha value is -1.71. The largest absolute Gasteiger partial charge is 0.496 e. The van der Waals surface area contributed by atoms with Crippen molar-refractivity contribution < 1.29 is 19.4 Å². The lowest BCUT2D eigenvalue weighted by Gasteiger charge is -2.23. The lowest BCUT2D eigenvalue weighted by Crippen LogP contribution is -2.14. The van der Waals surface area contributed by atoms with Crippen LogP contribution in [0.3, 0.4) is 0 Å². The minimum absolute atomic E-state index is 0.109. The first kappa shape index (κ1) is 13.4. The molecule has 0 aliphatic carbocycles. The van der Waals surface area contributed by atoms with Crippen molar-refractivity contribution in [3.05, 3.63) is 23.3 Å². The van der Waals surface area contributed by atoms with E-state index >= 15 is 0 Å². The van der Waals surface area contributed by atoms with Gasteiger partial charge in [0.15, 0.2) is 0 Å². The summed E-state index contributed by atoms with van der Waals surface area (Å²) < 4.78 is 10.3. The number of carboxylic acid groups (broad SMARTS) is 1. The van der Waals surface area contributed by atoms with Crippen molar-refractivity contribution in [1.29, 1.82) is 0 Å². The molecule has 0 aliphatic heterocycles. The van der Waals surface area contributed by atoms with Crippen molar-refractivity contribution >= 4 is 5.97 Å². The van der Waals surface area contributed by atoms with Crippen LogP contribution in [0.4, 0.5) is 0 Å². The molecule has 4 nitrogen and oxygen atoms in total. The van der Waals surface area contributed by atoms with Crippen LogP contribution in [0.25, 0.3) is 0 Å². The van der Waals surface area contributed by atoms with Crippen molar-refractivity contribution in [2.45, 2.75) is 26.2 Å². The smallest absolute Gasteiger partial charge is 0.339 e. The number of methoxy groups -OCH3 is 2. The van der Waals surface area contributed by atoms with Gasteiger partial charge in [0, 0.05) is 5.56 Å². The predicted octanol–water partition coefficient (Wildman–Crippen LogP) is 2.70. The van der Waals surface area contributed by atoms with Crippen molar-refractivity contribution in [2.24, 2.45) is 0 Å². The molecule has 0 radical (unpaired) electrons. The molecular weight excluding hydrogens is 220 g/mol. The van der Waals surface area contributed by atoms with Crippen LogP contribution >= 0.6 is 0 Å². The lowest BCUT2D eigenvalue weighted by atomic mass is 9.85. The van der Waals surface area contributed by atoms with E-state index in [-0.39, 0.29) is 11.0 Å². The molecule has 94 valence electrons. The molecule has 0 heterocycles. The molecule has 0 amide bonds. The summed E-state index contributed by atoms with van der Waals surface area (Å²) in [7, 11) is 2.99. The molecule has 0 unspecified atom stereocenters. The average molecular weight is 238 g/mol. The first-order chi connectivity index (χ1) is 7.81. The van der Waals surface area contributed by atoms with Crippen LogP contribution in [0.15, 0.2) is 12.1 Å². The molecule has 1 N–H and O–H groups in total. The van der Waals surface area contributed by atoms with Gasteiger partial charge in [-0.25, -0.2) is 4.79 Å². The number of ether oxygens (including phenoxy) is 2. The van der Waals surface area contributed by atoms with Gasteiger partial charge in [-0.05, 0) is 17.5 Å². The number of rotatable bonds is 3. The Morgan fingerprint density at radius 3 is 2.00 bits per heavy atom. The number of carboxylic acids is 1. The van der Waals surface area contributed by atoms with Crippen LogP contribution in [0.5, 0.6) is 11.5 Å². The monoisotopic (exact) mass is 238 g/mol. The van der Waals surface area contributed by atoms with E-state index in [1.165, 1.54) is 20.3 Å². The Bertz CT molecular complexity index is 430. The average Bonchev–Trinajstić information content (AvgIpc) is 2.25. The standard InChI is InChI=1S/C13H18O4/c1-13(2,3)9-7-10(16-4)8(12(14)15)6-11(9)17-5/h6-7H,1-5H3,(H,14,15). The Balaban J connectivity index is 3.49. The summed E-state index contributed by atoms with van der Waals surface area (Å²) >= 11 is 0. The van der Waals surface area contributed by atoms with Gasteiger partial charge in [-0.15, -0.1) is 0 Å². The van der Waals surface area contributed by atoms with Gasteiger partial charge in [0.2, 0.25) is 0 Å². The van der Waals surface area contributed by atoms with E-state index in [9.17, 15) is 4.79 Å². The summed E-state index contributed by atoms with van der Waals surface area (Å²) in [6.45, 7) is 6.10. The highest BCUT2D eigenvalue weighted by atomic mass is 16.5. The second kappa shape index (κ2) is 4.65. The van der Waals surface area contributed by atoms with Gasteiger partial charge < -0.3 is 14.6 Å². The minimum atomic E-state index is -1.03. The summed E-state index contributed by atoms with van der Waals surface area (Å²) in [6, 6.07) is 3.23. The van der Waals surface area contributed by atoms with Gasteiger partial charge in [0.25, 0.3) is 0 Å². The maximum absolute atomic E-state index is 11.1. The lowest BCUT2D eigenvalue weighted by molar-refractivity contribution is 0.0692. The van der Waals surface area contributed by atoms with E-state index in [1.807, 2.05) is 20.8 Å². The second-order valence-electron chi connectivity index (χ2n) is 4.81. The van der Waals surface area contributed by atoms with Crippen LogP contribution in [0.2, 0.25) is 0 Å². The van der Waals surface area contributed by atoms with Gasteiger partial charge in [0.1, 0.15) is 17.1 Å². The fourth-order valence-electron chi connectivity index (χ4n) is 1.65. The molecule has 17 heavy (non-hydrogen) atoms. The molecule has 1 rings (SSSR count). The molecule has 0 aromatic heterocycles. The zero-order valence-electron chi connectivity index (χ0n) is 10.8. The van der Waals surface area contributed by atoms with E-state index in [2.05, 4.69) is 0 Å². The van der Waals surface area contributed by atoms with Gasteiger partial charge >= 0.3 is 5.97 Å². The van der Waals surface area contributed by atoms with E-state index in [1.54, 1.807) is 6.07 Å². The third kappa shape index (κ3) is 2.70. The van der Waals surface area contributed by atoms with Crippen LogP contribution in [-0.4, -0.2) is 25.3 Å². The molecule has 4 heteroatoms. The van der Waals surface area contributed by atoms with Crippen molar-refractivity contribution in [3.8, 4) is 11.5 Å². The molecule has 0 fully saturated rings. The van der Waals surface area contributed by atoms with Crippen LogP contribution in [0.1, 0.15) is 36.7 Å². The Labute approximate surface area is 101 Å². The van der Waals surface area contributed by atoms with Gasteiger partial charge in [0.05, 0.1) is 14.2 Å². The summed E-state index contributed by atoms with van der Waals surface area (Å²) in [4.78, 5) is 11.1. The van der Waals surface area contributed by atoms with Gasteiger partial charge in [-0.2, -0.15) is 0 Å². The zero-order valence-corrected chi connectivity index (χ0v) is 10.8. The van der Waals surface area contributed by atoms with E-state index in [0.29, 0.717) is 11.5 Å². The Morgan fingerprint density at radius 1 is 1.12 bits per heavy atom. The highest BCUT2D eigenvalue weighted by Gasteiger charge is 2.23. The summed E-state index contributed by atoms with van der Waals surface area (Å²) in [6.07, 6.45) is 0. The maximum atomic E-state index is 11.1. The molecule has 0 spiro atoms. The first-order valence-corrected chi connectivity index (χ1v) is 5.31. The third-order valence-corrected chi connectivity index (χ3v) is 2.56. The highest BCUT2D eigenvalue weighted by molar-refractivity contribution is 5.91.